The van der Waals surface area contributed by atoms with Crippen molar-refractivity contribution in [2.45, 2.75) is 63.1 Å². The van der Waals surface area contributed by atoms with Gasteiger partial charge >= 0.3 is 0 Å². The van der Waals surface area contributed by atoms with Crippen LogP contribution in [0.25, 0.3) is 0 Å². The van der Waals surface area contributed by atoms with Crippen LogP contribution in [-0.2, 0) is 0 Å². The molecule has 0 heterocycles. The average Bonchev–Trinajstić information content (AvgIpc) is 2.50. The van der Waals surface area contributed by atoms with Gasteiger partial charge in [-0.1, -0.05) is 24.8 Å². The van der Waals surface area contributed by atoms with Crippen LogP contribution in [0, 0.1) is 0 Å². The molecule has 0 radical (unpaired) electrons. The maximum absolute atomic E-state index is 4.45. The molecule has 0 N–H and O–H groups in total. The third kappa shape index (κ3) is 3.72. The lowest BCUT2D eigenvalue weighted by molar-refractivity contribution is 0.304. The first-order valence-corrected chi connectivity index (χ1v) is 6.59. The smallest absolute Gasteiger partial charge is 0.0591 e. The van der Waals surface area contributed by atoms with Crippen LogP contribution in [0.4, 0.5) is 0 Å². The largest absolute Gasteiger partial charge is 0.244 e. The van der Waals surface area contributed by atoms with E-state index in [1.165, 1.54) is 25.7 Å². The molecule has 1 rings (SSSR count). The summed E-state index contributed by atoms with van der Waals surface area (Å²) in [4.78, 5) is 0. The molecule has 1 aliphatic carbocycles. The molecule has 1 saturated carbocycles. The van der Waals surface area contributed by atoms with Crippen molar-refractivity contribution in [3.63, 3.8) is 0 Å². The fraction of sp³-hybridized carbons (Fsp3) is 1.00. The van der Waals surface area contributed by atoms with Crippen LogP contribution in [0.2, 0.25) is 0 Å². The molecule has 0 amide bonds. The third-order valence-corrected chi connectivity index (χ3v) is 4.02. The highest BCUT2D eigenvalue weighted by Crippen LogP contribution is 2.32. The minimum Gasteiger partial charge on any atom is -0.244 e. The van der Waals surface area contributed by atoms with E-state index in [1.54, 1.807) is 0 Å². The zero-order chi connectivity index (χ0) is 9.84. The Hall–Kier alpha value is 0.660. The fourth-order valence-corrected chi connectivity index (χ4v) is 3.27. The van der Waals surface area contributed by atoms with E-state index in [0.29, 0.717) is 10.6 Å². The summed E-state index contributed by atoms with van der Waals surface area (Å²) < 4.78 is 2.97. The third-order valence-electron chi connectivity index (χ3n) is 2.47. The van der Waals surface area contributed by atoms with Crippen LogP contribution in [0.3, 0.4) is 0 Å². The molecule has 1 aliphatic rings. The Labute approximate surface area is 92.2 Å². The summed E-state index contributed by atoms with van der Waals surface area (Å²) in [6, 6.07) is 1.45. The van der Waals surface area contributed by atoms with Crippen molar-refractivity contribution in [1.82, 2.24) is 4.31 Å². The second-order valence-corrected chi connectivity index (χ2v) is 6.56. The van der Waals surface area contributed by atoms with E-state index in [2.05, 4.69) is 37.7 Å². The highest BCUT2D eigenvalue weighted by atomic mass is 32.2. The summed E-state index contributed by atoms with van der Waals surface area (Å²) >= 11 is 6.35. The van der Waals surface area contributed by atoms with E-state index in [-0.39, 0.29) is 0 Å². The molecule has 1 nitrogen and oxygen atoms in total. The molecule has 0 spiro atoms. The molecule has 0 aromatic rings. The Kier molecular flexibility index (Phi) is 4.98. The first kappa shape index (κ1) is 11.7. The van der Waals surface area contributed by atoms with E-state index >= 15 is 0 Å². The van der Waals surface area contributed by atoms with Crippen LogP contribution in [0.1, 0.15) is 46.5 Å². The number of hydrogen-bond acceptors (Lipinski definition) is 3. The Morgan fingerprint density at radius 3 is 2.15 bits per heavy atom. The molecular formula is C10H21NS2. The van der Waals surface area contributed by atoms with Crippen LogP contribution in [0.5, 0.6) is 0 Å². The zero-order valence-electron chi connectivity index (χ0n) is 8.86. The van der Waals surface area contributed by atoms with E-state index in [9.17, 15) is 0 Å². The van der Waals surface area contributed by atoms with Crippen molar-refractivity contribution in [3.8, 4) is 0 Å². The van der Waals surface area contributed by atoms with E-state index in [4.69, 9.17) is 0 Å². The number of nitrogens with zero attached hydrogens (tertiary/aromatic N) is 1. The van der Waals surface area contributed by atoms with Gasteiger partial charge in [-0.25, -0.2) is 4.31 Å². The molecule has 1 unspecified atom stereocenters. The predicted molar refractivity (Wildman–Crippen MR) is 65.3 cm³/mol. The number of thiol groups is 1. The highest BCUT2D eigenvalue weighted by molar-refractivity contribution is 8.08. The minimum absolute atomic E-state index is 0.419. The molecular weight excluding hydrogens is 198 g/mol. The Balaban J connectivity index is 2.45. The average molecular weight is 219 g/mol. The van der Waals surface area contributed by atoms with Crippen molar-refractivity contribution < 1.29 is 0 Å². The Bertz CT molecular complexity index is 142. The van der Waals surface area contributed by atoms with Crippen LogP contribution in [0.15, 0.2) is 0 Å². The predicted octanol–water partition coefficient (Wildman–Crippen LogP) is 3.56. The zero-order valence-corrected chi connectivity index (χ0v) is 10.6. The SMILES string of the molecule is CC(S)SN(C(C)C)C1CCCC1. The van der Waals surface area contributed by atoms with Gasteiger partial charge in [-0.15, -0.1) is 0 Å². The lowest BCUT2D eigenvalue weighted by Crippen LogP contribution is -2.33. The molecule has 0 aromatic carbocycles. The lowest BCUT2D eigenvalue weighted by atomic mass is 10.2. The van der Waals surface area contributed by atoms with Gasteiger partial charge in [0.25, 0.3) is 0 Å². The van der Waals surface area contributed by atoms with Crippen LogP contribution in [-0.4, -0.2) is 21.0 Å². The van der Waals surface area contributed by atoms with E-state index in [1.807, 2.05) is 11.9 Å². The quantitative estimate of drug-likeness (QED) is 0.437. The molecule has 0 aromatic heterocycles. The molecule has 1 fully saturated rings. The topological polar surface area (TPSA) is 3.24 Å². The molecule has 78 valence electrons. The Morgan fingerprint density at radius 2 is 1.77 bits per heavy atom. The van der Waals surface area contributed by atoms with E-state index < -0.39 is 0 Å². The van der Waals surface area contributed by atoms with Crippen LogP contribution >= 0.6 is 24.6 Å². The van der Waals surface area contributed by atoms with Gasteiger partial charge in [0.1, 0.15) is 0 Å². The first-order valence-electron chi connectivity index (χ1n) is 5.24. The normalized spacial score (nSPS) is 21.7. The maximum Gasteiger partial charge on any atom is 0.0591 e. The van der Waals surface area contributed by atoms with Crippen molar-refractivity contribution in [3.05, 3.63) is 0 Å². The van der Waals surface area contributed by atoms with Gasteiger partial charge in [-0.3, -0.25) is 0 Å². The summed E-state index contributed by atoms with van der Waals surface area (Å²) in [6.45, 7) is 6.71. The monoisotopic (exact) mass is 219 g/mol. The summed E-state index contributed by atoms with van der Waals surface area (Å²) in [5, 5.41) is 0. The number of rotatable bonds is 4. The van der Waals surface area contributed by atoms with Gasteiger partial charge in [0, 0.05) is 12.1 Å². The van der Waals surface area contributed by atoms with Crippen LogP contribution < -0.4 is 0 Å². The van der Waals surface area contributed by atoms with Gasteiger partial charge in [-0.05, 0) is 33.6 Å². The first-order chi connectivity index (χ1) is 6.11. The van der Waals surface area contributed by atoms with Gasteiger partial charge in [0.05, 0.1) is 4.58 Å². The standard InChI is InChI=1S/C10H21NS2/c1-8(2)11(13-9(3)12)10-6-4-5-7-10/h8-10,12H,4-7H2,1-3H3. The van der Waals surface area contributed by atoms with Crippen molar-refractivity contribution in [2.75, 3.05) is 0 Å². The summed E-state index contributed by atoms with van der Waals surface area (Å²) in [6.07, 6.45) is 5.59. The van der Waals surface area contributed by atoms with Gasteiger partial charge in [-0.2, -0.15) is 12.6 Å². The van der Waals surface area contributed by atoms with Crippen molar-refractivity contribution in [2.24, 2.45) is 0 Å². The highest BCUT2D eigenvalue weighted by Gasteiger charge is 2.25. The summed E-state index contributed by atoms with van der Waals surface area (Å²) in [7, 11) is 0. The summed E-state index contributed by atoms with van der Waals surface area (Å²) in [5.74, 6) is 0. The van der Waals surface area contributed by atoms with Crippen molar-refractivity contribution in [1.29, 1.82) is 0 Å². The minimum atomic E-state index is 0.419. The van der Waals surface area contributed by atoms with E-state index in [0.717, 1.165) is 6.04 Å². The Morgan fingerprint density at radius 1 is 1.23 bits per heavy atom. The van der Waals surface area contributed by atoms with Crippen molar-refractivity contribution >= 4 is 24.6 Å². The molecule has 3 heteroatoms. The molecule has 0 saturated heterocycles. The van der Waals surface area contributed by atoms with Gasteiger partial charge in [0.15, 0.2) is 0 Å². The maximum atomic E-state index is 4.45. The number of hydrogen-bond donors (Lipinski definition) is 1. The summed E-state index contributed by atoms with van der Waals surface area (Å²) in [5.41, 5.74) is 0. The van der Waals surface area contributed by atoms with Gasteiger partial charge in [0.2, 0.25) is 0 Å². The second-order valence-electron chi connectivity index (χ2n) is 4.10. The van der Waals surface area contributed by atoms with Gasteiger partial charge < -0.3 is 0 Å². The molecule has 13 heavy (non-hydrogen) atoms. The second kappa shape index (κ2) is 5.52. The molecule has 0 bridgehead atoms. The fourth-order valence-electron chi connectivity index (χ4n) is 1.96. The molecule has 1 atom stereocenters. The molecule has 0 aliphatic heterocycles. The lowest BCUT2D eigenvalue weighted by Gasteiger charge is -2.32.